The van der Waals surface area contributed by atoms with E-state index in [2.05, 4.69) is 18.7 Å². The van der Waals surface area contributed by atoms with Crippen molar-refractivity contribution in [2.45, 2.75) is 97.3 Å². The Labute approximate surface area is 286 Å². The Morgan fingerprint density at radius 2 is 1.23 bits per heavy atom. The first-order valence-corrected chi connectivity index (χ1v) is 17.6. The van der Waals surface area contributed by atoms with Gasteiger partial charge in [0.2, 0.25) is 0 Å². The minimum atomic E-state index is -0.776. The Kier molecular flexibility index (Phi) is 17.1. The lowest BCUT2D eigenvalue weighted by Crippen LogP contribution is -2.18. The van der Waals surface area contributed by atoms with Gasteiger partial charge >= 0.3 is 11.9 Å². The zero-order valence-electron chi connectivity index (χ0n) is 29.0. The van der Waals surface area contributed by atoms with E-state index in [-0.39, 0.29) is 36.1 Å². The number of benzene rings is 3. The number of hydrogen-bond donors (Lipinski definition) is 1. The van der Waals surface area contributed by atoms with Crippen LogP contribution in [0, 0.1) is 0 Å². The van der Waals surface area contributed by atoms with E-state index in [1.165, 1.54) is 76.0 Å². The summed E-state index contributed by atoms with van der Waals surface area (Å²) in [5.74, 6) is -0.859. The molecule has 0 unspecified atom stereocenters. The molecule has 0 aromatic heterocycles. The predicted octanol–water partition coefficient (Wildman–Crippen LogP) is 9.58. The number of nitrogens with zero attached hydrogens (tertiary/aromatic N) is 1. The predicted molar refractivity (Wildman–Crippen MR) is 191 cm³/mol. The fraction of sp³-hybridized carbons (Fsp3) is 0.475. The van der Waals surface area contributed by atoms with Crippen LogP contribution in [0.4, 0.5) is 5.69 Å². The number of aromatic hydroxyl groups is 1. The van der Waals surface area contributed by atoms with Crippen LogP contribution in [0.1, 0.15) is 128 Å². The molecule has 0 fully saturated rings. The molecule has 0 saturated heterocycles. The topological polar surface area (TPSA) is 102 Å². The largest absolute Gasteiger partial charge is 0.507 e. The summed E-state index contributed by atoms with van der Waals surface area (Å²) in [4.78, 5) is 40.1. The molecular weight excluding hydrogens is 606 g/mol. The normalized spacial score (nSPS) is 10.8. The van der Waals surface area contributed by atoms with E-state index in [1.807, 2.05) is 19.2 Å². The third kappa shape index (κ3) is 13.4. The number of ether oxygens (including phenoxy) is 3. The SMILES string of the molecule is CCCCCCCCC(=O)c1ccc(OCCOC(=O)c2cc(OC(=O)c3ccc(N(C)CCCCCCCC)cc3)ccc2O)cc1. The molecule has 48 heavy (non-hydrogen) atoms. The summed E-state index contributed by atoms with van der Waals surface area (Å²) in [6.45, 7) is 5.36. The monoisotopic (exact) mass is 659 g/mol. The van der Waals surface area contributed by atoms with Gasteiger partial charge in [0.1, 0.15) is 36.0 Å². The van der Waals surface area contributed by atoms with Gasteiger partial charge in [-0.25, -0.2) is 9.59 Å². The second-order valence-corrected chi connectivity index (χ2v) is 12.3. The zero-order valence-corrected chi connectivity index (χ0v) is 29.0. The smallest absolute Gasteiger partial charge is 0.343 e. The van der Waals surface area contributed by atoms with Gasteiger partial charge in [-0.3, -0.25) is 4.79 Å². The van der Waals surface area contributed by atoms with E-state index < -0.39 is 11.9 Å². The molecule has 0 aliphatic rings. The number of carbonyl (C=O) groups is 3. The van der Waals surface area contributed by atoms with E-state index in [0.29, 0.717) is 23.3 Å². The number of phenols is 1. The number of unbranched alkanes of at least 4 members (excludes halogenated alkanes) is 10. The Bertz CT molecular complexity index is 1400. The van der Waals surface area contributed by atoms with Crippen LogP contribution in [-0.4, -0.2) is 49.6 Å². The summed E-state index contributed by atoms with van der Waals surface area (Å²) < 4.78 is 16.4. The summed E-state index contributed by atoms with van der Waals surface area (Å²) in [6, 6.07) is 18.1. The van der Waals surface area contributed by atoms with Crippen molar-refractivity contribution in [1.29, 1.82) is 0 Å². The third-order valence-corrected chi connectivity index (χ3v) is 8.31. The summed E-state index contributed by atoms with van der Waals surface area (Å²) in [6.07, 6.45) is 14.8. The fourth-order valence-electron chi connectivity index (χ4n) is 5.34. The number of phenolic OH excluding ortho intramolecular Hbond substituents is 1. The number of ketones is 1. The lowest BCUT2D eigenvalue weighted by Gasteiger charge is -2.19. The molecule has 0 saturated carbocycles. The molecule has 0 atom stereocenters. The molecule has 3 rings (SSSR count). The number of rotatable bonds is 23. The van der Waals surface area contributed by atoms with Crippen molar-refractivity contribution < 1.29 is 33.7 Å². The van der Waals surface area contributed by atoms with Crippen molar-refractivity contribution in [2.24, 2.45) is 0 Å². The number of carbonyl (C=O) groups excluding carboxylic acids is 3. The Morgan fingerprint density at radius 1 is 0.646 bits per heavy atom. The molecule has 0 spiro atoms. The summed E-state index contributed by atoms with van der Waals surface area (Å²) in [7, 11) is 2.04. The number of Topliss-reactive ketones (excluding diaryl/α,β-unsaturated/α-hetero) is 1. The molecule has 0 aliphatic heterocycles. The molecule has 260 valence electrons. The molecule has 3 aromatic rings. The Balaban J connectivity index is 1.41. The first-order chi connectivity index (χ1) is 23.3. The van der Waals surface area contributed by atoms with Gasteiger partial charge in [-0.2, -0.15) is 0 Å². The second-order valence-electron chi connectivity index (χ2n) is 12.3. The first-order valence-electron chi connectivity index (χ1n) is 17.6. The molecule has 0 aliphatic carbocycles. The first kappa shape index (κ1) is 38.1. The van der Waals surface area contributed by atoms with Crippen LogP contribution in [0.2, 0.25) is 0 Å². The van der Waals surface area contributed by atoms with Crippen molar-refractivity contribution in [2.75, 3.05) is 31.7 Å². The van der Waals surface area contributed by atoms with E-state index in [9.17, 15) is 19.5 Å². The Morgan fingerprint density at radius 3 is 1.90 bits per heavy atom. The van der Waals surface area contributed by atoms with Gasteiger partial charge in [-0.1, -0.05) is 78.1 Å². The number of anilines is 1. The van der Waals surface area contributed by atoms with Gasteiger partial charge in [0.05, 0.1) is 5.56 Å². The van der Waals surface area contributed by atoms with Crippen LogP contribution in [0.25, 0.3) is 0 Å². The molecule has 0 heterocycles. The lowest BCUT2D eigenvalue weighted by atomic mass is 10.0. The maximum absolute atomic E-state index is 12.8. The summed E-state index contributed by atoms with van der Waals surface area (Å²) >= 11 is 0. The lowest BCUT2D eigenvalue weighted by molar-refractivity contribution is 0.0445. The molecule has 0 radical (unpaired) electrons. The molecule has 0 amide bonds. The van der Waals surface area contributed by atoms with Crippen LogP contribution < -0.4 is 14.4 Å². The quantitative estimate of drug-likeness (QED) is 0.0465. The van der Waals surface area contributed by atoms with Crippen molar-refractivity contribution in [3.8, 4) is 17.2 Å². The molecule has 8 nitrogen and oxygen atoms in total. The van der Waals surface area contributed by atoms with Crippen LogP contribution in [0.3, 0.4) is 0 Å². The number of hydrogen-bond acceptors (Lipinski definition) is 8. The van der Waals surface area contributed by atoms with E-state index in [4.69, 9.17) is 14.2 Å². The molecule has 8 heteroatoms. The second kappa shape index (κ2) is 21.5. The fourth-order valence-corrected chi connectivity index (χ4v) is 5.34. The van der Waals surface area contributed by atoms with Crippen molar-refractivity contribution in [3.63, 3.8) is 0 Å². The minimum absolute atomic E-state index is 0.0688. The van der Waals surface area contributed by atoms with Gasteiger partial charge in [0.15, 0.2) is 5.78 Å². The standard InChI is InChI=1S/C40H53NO7/c1-4-6-8-10-12-14-16-37(42)31-19-23-34(24-20-31)46-28-29-47-40(45)36-30-35(25-26-38(36)43)48-39(44)32-17-21-33(22-18-32)41(3)27-15-13-11-9-7-5-2/h17-26,30,43H,4-16,27-29H2,1-3H3. The molecule has 3 aromatic carbocycles. The minimum Gasteiger partial charge on any atom is -0.507 e. The van der Waals surface area contributed by atoms with E-state index >= 15 is 0 Å². The average Bonchev–Trinajstić information content (AvgIpc) is 3.10. The number of esters is 2. The molecular formula is C40H53NO7. The van der Waals surface area contributed by atoms with Crippen LogP contribution in [0.15, 0.2) is 66.7 Å². The Hall–Kier alpha value is -4.33. The highest BCUT2D eigenvalue weighted by Gasteiger charge is 2.17. The highest BCUT2D eigenvalue weighted by atomic mass is 16.6. The molecule has 0 bridgehead atoms. The van der Waals surface area contributed by atoms with Gasteiger partial charge < -0.3 is 24.2 Å². The van der Waals surface area contributed by atoms with Crippen LogP contribution in [-0.2, 0) is 4.74 Å². The summed E-state index contributed by atoms with van der Waals surface area (Å²) in [5.41, 5.74) is 1.92. The average molecular weight is 660 g/mol. The third-order valence-electron chi connectivity index (χ3n) is 8.31. The van der Waals surface area contributed by atoms with Crippen LogP contribution in [0.5, 0.6) is 17.2 Å². The maximum Gasteiger partial charge on any atom is 0.343 e. The van der Waals surface area contributed by atoms with E-state index in [1.54, 1.807) is 36.4 Å². The van der Waals surface area contributed by atoms with Gasteiger partial charge in [-0.05, 0) is 79.6 Å². The highest BCUT2D eigenvalue weighted by molar-refractivity contribution is 5.96. The van der Waals surface area contributed by atoms with Crippen LogP contribution >= 0.6 is 0 Å². The van der Waals surface area contributed by atoms with Gasteiger partial charge in [0.25, 0.3) is 0 Å². The van der Waals surface area contributed by atoms with E-state index in [0.717, 1.165) is 31.5 Å². The zero-order chi connectivity index (χ0) is 34.6. The highest BCUT2D eigenvalue weighted by Crippen LogP contribution is 2.25. The van der Waals surface area contributed by atoms with Gasteiger partial charge in [-0.15, -0.1) is 0 Å². The maximum atomic E-state index is 12.8. The van der Waals surface area contributed by atoms with Crippen molar-refractivity contribution in [1.82, 2.24) is 0 Å². The molecule has 1 N–H and O–H groups in total. The van der Waals surface area contributed by atoms with Gasteiger partial charge in [0, 0.05) is 31.3 Å². The van der Waals surface area contributed by atoms with Crippen molar-refractivity contribution in [3.05, 3.63) is 83.4 Å². The summed E-state index contributed by atoms with van der Waals surface area (Å²) in [5, 5.41) is 10.3. The van der Waals surface area contributed by atoms with Crippen molar-refractivity contribution >= 4 is 23.4 Å².